The van der Waals surface area contributed by atoms with Gasteiger partial charge in [0.2, 0.25) is 0 Å². The molecule has 0 aliphatic carbocycles. The minimum Gasteiger partial charge on any atom is -0.448 e. The fourth-order valence-electron chi connectivity index (χ4n) is 1.45. The Labute approximate surface area is 123 Å². The van der Waals surface area contributed by atoms with E-state index in [-0.39, 0.29) is 18.0 Å². The van der Waals surface area contributed by atoms with Crippen molar-refractivity contribution in [3.63, 3.8) is 0 Å². The number of ether oxygens (including phenoxy) is 1. The van der Waals surface area contributed by atoms with E-state index in [4.69, 9.17) is 16.3 Å². The third kappa shape index (κ3) is 6.73. The van der Waals surface area contributed by atoms with Gasteiger partial charge in [-0.1, -0.05) is 17.7 Å². The summed E-state index contributed by atoms with van der Waals surface area (Å²) in [4.78, 5) is 11.4. The van der Waals surface area contributed by atoms with Crippen molar-refractivity contribution in [2.24, 2.45) is 0 Å². The zero-order valence-electron chi connectivity index (χ0n) is 11.9. The molecule has 20 heavy (non-hydrogen) atoms. The SMILES string of the molecule is CC(C)(C)NC(=O)OCCNCc1ccc(F)cc1Cl. The molecule has 0 saturated carbocycles. The first kappa shape index (κ1) is 16.7. The largest absolute Gasteiger partial charge is 0.448 e. The highest BCUT2D eigenvalue weighted by atomic mass is 35.5. The van der Waals surface area contributed by atoms with Crippen LogP contribution in [0.2, 0.25) is 5.02 Å². The maximum atomic E-state index is 12.8. The number of hydrogen-bond donors (Lipinski definition) is 2. The van der Waals surface area contributed by atoms with Crippen molar-refractivity contribution in [2.45, 2.75) is 32.9 Å². The van der Waals surface area contributed by atoms with Crippen LogP contribution in [0.4, 0.5) is 9.18 Å². The first-order valence-electron chi connectivity index (χ1n) is 6.37. The summed E-state index contributed by atoms with van der Waals surface area (Å²) in [7, 11) is 0. The predicted octanol–water partition coefficient (Wildman–Crippen LogP) is 3.09. The molecule has 0 aliphatic rings. The second-order valence-corrected chi connectivity index (χ2v) is 5.83. The highest BCUT2D eigenvalue weighted by Crippen LogP contribution is 2.16. The summed E-state index contributed by atoms with van der Waals surface area (Å²) >= 11 is 5.89. The van der Waals surface area contributed by atoms with Crippen molar-refractivity contribution >= 4 is 17.7 Å². The van der Waals surface area contributed by atoms with E-state index in [9.17, 15) is 9.18 Å². The molecule has 6 heteroatoms. The van der Waals surface area contributed by atoms with Crippen LogP contribution in [-0.4, -0.2) is 24.8 Å². The van der Waals surface area contributed by atoms with E-state index in [1.165, 1.54) is 12.1 Å². The Morgan fingerprint density at radius 3 is 2.70 bits per heavy atom. The second-order valence-electron chi connectivity index (χ2n) is 5.42. The molecule has 2 N–H and O–H groups in total. The lowest BCUT2D eigenvalue weighted by molar-refractivity contribution is 0.138. The van der Waals surface area contributed by atoms with Gasteiger partial charge >= 0.3 is 6.09 Å². The van der Waals surface area contributed by atoms with Crippen LogP contribution >= 0.6 is 11.6 Å². The Hall–Kier alpha value is -1.33. The van der Waals surface area contributed by atoms with Crippen molar-refractivity contribution in [3.05, 3.63) is 34.6 Å². The summed E-state index contributed by atoms with van der Waals surface area (Å²) in [6.45, 7) is 6.87. The van der Waals surface area contributed by atoms with Gasteiger partial charge in [0, 0.05) is 23.7 Å². The molecule has 1 aromatic carbocycles. The van der Waals surface area contributed by atoms with Gasteiger partial charge in [-0.05, 0) is 38.5 Å². The zero-order valence-corrected chi connectivity index (χ0v) is 12.7. The molecule has 0 heterocycles. The lowest BCUT2D eigenvalue weighted by Gasteiger charge is -2.20. The predicted molar refractivity (Wildman–Crippen MR) is 77.4 cm³/mol. The molecule has 0 bridgehead atoms. The standard InChI is InChI=1S/C14H20ClFN2O2/c1-14(2,3)18-13(19)20-7-6-17-9-10-4-5-11(16)8-12(10)15/h4-5,8,17H,6-7,9H2,1-3H3,(H,18,19). The van der Waals surface area contributed by atoms with Gasteiger partial charge in [-0.3, -0.25) is 0 Å². The van der Waals surface area contributed by atoms with Crippen molar-refractivity contribution in [2.75, 3.05) is 13.2 Å². The molecule has 0 saturated heterocycles. The van der Waals surface area contributed by atoms with Crippen LogP contribution in [0.15, 0.2) is 18.2 Å². The van der Waals surface area contributed by atoms with Gasteiger partial charge in [-0.15, -0.1) is 0 Å². The van der Waals surface area contributed by atoms with Crippen LogP contribution in [0.3, 0.4) is 0 Å². The molecule has 0 aliphatic heterocycles. The minimum atomic E-state index is -0.445. The molecule has 0 spiro atoms. The lowest BCUT2D eigenvalue weighted by atomic mass is 10.1. The number of nitrogens with one attached hydrogen (secondary N) is 2. The molecule has 1 amide bonds. The summed E-state index contributed by atoms with van der Waals surface area (Å²) < 4.78 is 17.8. The summed E-state index contributed by atoms with van der Waals surface area (Å²) in [5.41, 5.74) is 0.485. The molecule has 0 unspecified atom stereocenters. The third-order valence-electron chi connectivity index (χ3n) is 2.32. The summed E-state index contributed by atoms with van der Waals surface area (Å²) in [6.07, 6.45) is -0.445. The van der Waals surface area contributed by atoms with E-state index < -0.39 is 6.09 Å². The topological polar surface area (TPSA) is 50.4 Å². The summed E-state index contributed by atoms with van der Waals surface area (Å²) in [5.74, 6) is -0.360. The van der Waals surface area contributed by atoms with Crippen LogP contribution in [0.1, 0.15) is 26.3 Å². The molecule has 4 nitrogen and oxygen atoms in total. The molecular formula is C14H20ClFN2O2. The van der Waals surface area contributed by atoms with E-state index in [0.29, 0.717) is 18.1 Å². The number of halogens is 2. The van der Waals surface area contributed by atoms with Gasteiger partial charge in [0.1, 0.15) is 12.4 Å². The molecular weight excluding hydrogens is 283 g/mol. The van der Waals surface area contributed by atoms with Crippen molar-refractivity contribution < 1.29 is 13.9 Å². The lowest BCUT2D eigenvalue weighted by Crippen LogP contribution is -2.41. The first-order chi connectivity index (χ1) is 9.28. The number of alkyl carbamates (subject to hydrolysis) is 1. The van der Waals surface area contributed by atoms with Crippen LogP contribution in [0.5, 0.6) is 0 Å². The molecule has 0 fully saturated rings. The van der Waals surface area contributed by atoms with E-state index >= 15 is 0 Å². The number of carbonyl (C=O) groups excluding carboxylic acids is 1. The van der Waals surface area contributed by atoms with Gasteiger partial charge in [-0.2, -0.15) is 0 Å². The number of rotatable bonds is 5. The van der Waals surface area contributed by atoms with Gasteiger partial charge < -0.3 is 15.4 Å². The fraction of sp³-hybridized carbons (Fsp3) is 0.500. The minimum absolute atomic E-state index is 0.251. The van der Waals surface area contributed by atoms with Crippen LogP contribution in [-0.2, 0) is 11.3 Å². The smallest absolute Gasteiger partial charge is 0.407 e. The Morgan fingerprint density at radius 2 is 2.10 bits per heavy atom. The van der Waals surface area contributed by atoms with Gasteiger partial charge in [0.05, 0.1) is 0 Å². The Bertz CT molecular complexity index is 461. The summed E-state index contributed by atoms with van der Waals surface area (Å²) in [6, 6.07) is 4.25. The highest BCUT2D eigenvalue weighted by Gasteiger charge is 2.14. The third-order valence-corrected chi connectivity index (χ3v) is 2.67. The quantitative estimate of drug-likeness (QED) is 0.822. The Morgan fingerprint density at radius 1 is 1.40 bits per heavy atom. The molecule has 112 valence electrons. The molecule has 1 aromatic rings. The normalized spacial score (nSPS) is 11.2. The molecule has 0 aromatic heterocycles. The molecule has 0 radical (unpaired) electrons. The number of carbonyl (C=O) groups is 1. The molecule has 0 atom stereocenters. The monoisotopic (exact) mass is 302 g/mol. The van der Waals surface area contributed by atoms with Gasteiger partial charge in [-0.25, -0.2) is 9.18 Å². The number of amides is 1. The van der Waals surface area contributed by atoms with Crippen LogP contribution < -0.4 is 10.6 Å². The molecule has 1 rings (SSSR count). The number of benzene rings is 1. The van der Waals surface area contributed by atoms with Crippen molar-refractivity contribution in [1.82, 2.24) is 10.6 Å². The summed E-state index contributed by atoms with van der Waals surface area (Å²) in [5, 5.41) is 6.14. The van der Waals surface area contributed by atoms with Crippen molar-refractivity contribution in [1.29, 1.82) is 0 Å². The van der Waals surface area contributed by atoms with Crippen molar-refractivity contribution in [3.8, 4) is 0 Å². The average Bonchev–Trinajstić information content (AvgIpc) is 2.28. The van der Waals surface area contributed by atoms with E-state index in [0.717, 1.165) is 5.56 Å². The highest BCUT2D eigenvalue weighted by molar-refractivity contribution is 6.31. The van der Waals surface area contributed by atoms with E-state index in [1.54, 1.807) is 6.07 Å². The first-order valence-corrected chi connectivity index (χ1v) is 6.75. The fourth-order valence-corrected chi connectivity index (χ4v) is 1.68. The van der Waals surface area contributed by atoms with E-state index in [1.807, 2.05) is 20.8 Å². The van der Waals surface area contributed by atoms with Crippen LogP contribution in [0, 0.1) is 5.82 Å². The zero-order chi connectivity index (χ0) is 15.2. The Balaban J connectivity index is 2.21. The Kier molecular flexibility index (Phi) is 6.23. The number of hydrogen-bond acceptors (Lipinski definition) is 3. The maximum Gasteiger partial charge on any atom is 0.407 e. The second kappa shape index (κ2) is 7.45. The maximum absolute atomic E-state index is 12.8. The van der Waals surface area contributed by atoms with Crippen LogP contribution in [0.25, 0.3) is 0 Å². The van der Waals surface area contributed by atoms with Gasteiger partial charge in [0.15, 0.2) is 0 Å². The van der Waals surface area contributed by atoms with Gasteiger partial charge in [0.25, 0.3) is 0 Å². The average molecular weight is 303 g/mol. The van der Waals surface area contributed by atoms with E-state index in [2.05, 4.69) is 10.6 Å².